The number of nitrogens with one attached hydrogen (secondary N) is 1. The highest BCUT2D eigenvalue weighted by Gasteiger charge is 2.35. The summed E-state index contributed by atoms with van der Waals surface area (Å²) in [6.45, 7) is 3.65. The number of nitrogens with zero attached hydrogens (tertiary/aromatic N) is 1. The predicted molar refractivity (Wildman–Crippen MR) is 75.3 cm³/mol. The molecular formula is C14H17ClN2O2. The second-order valence-corrected chi connectivity index (χ2v) is 4.61. The molecule has 5 heteroatoms. The molecule has 0 aliphatic rings. The summed E-state index contributed by atoms with van der Waals surface area (Å²) in [5.74, 6) is 0.235. The van der Waals surface area contributed by atoms with Gasteiger partial charge in [-0.1, -0.05) is 25.4 Å². The number of ether oxygens (including phenoxy) is 1. The third-order valence-corrected chi connectivity index (χ3v) is 3.56. The largest absolute Gasteiger partial charge is 0.495 e. The number of carbonyl (C=O) groups is 1. The molecule has 0 bridgehead atoms. The molecule has 0 aliphatic carbocycles. The van der Waals surface area contributed by atoms with Gasteiger partial charge in [0.05, 0.1) is 18.2 Å². The number of rotatable bonds is 5. The van der Waals surface area contributed by atoms with Crippen LogP contribution in [0.1, 0.15) is 26.7 Å². The zero-order valence-corrected chi connectivity index (χ0v) is 12.0. The average molecular weight is 281 g/mol. The van der Waals surface area contributed by atoms with E-state index < -0.39 is 5.41 Å². The predicted octanol–water partition coefficient (Wildman–Crippen LogP) is 3.62. The van der Waals surface area contributed by atoms with Gasteiger partial charge in [0.25, 0.3) is 0 Å². The molecule has 1 amide bonds. The lowest BCUT2D eigenvalue weighted by Crippen LogP contribution is -2.33. The number of carbonyl (C=O) groups excluding carboxylic acids is 1. The highest BCUT2D eigenvalue weighted by atomic mass is 35.5. The van der Waals surface area contributed by atoms with Crippen LogP contribution in [0.2, 0.25) is 5.02 Å². The number of amides is 1. The van der Waals surface area contributed by atoms with E-state index in [-0.39, 0.29) is 5.91 Å². The molecule has 0 aromatic heterocycles. The summed E-state index contributed by atoms with van der Waals surface area (Å²) in [5.41, 5.74) is -0.441. The van der Waals surface area contributed by atoms with E-state index >= 15 is 0 Å². The molecule has 1 rings (SSSR count). The van der Waals surface area contributed by atoms with Gasteiger partial charge in [0.15, 0.2) is 0 Å². The third-order valence-electron chi connectivity index (χ3n) is 3.27. The van der Waals surface area contributed by atoms with Gasteiger partial charge < -0.3 is 10.1 Å². The van der Waals surface area contributed by atoms with Crippen LogP contribution in [0.15, 0.2) is 18.2 Å². The van der Waals surface area contributed by atoms with Crippen LogP contribution in [-0.2, 0) is 4.79 Å². The van der Waals surface area contributed by atoms with Crippen LogP contribution in [0.4, 0.5) is 5.69 Å². The Kier molecular flexibility index (Phi) is 5.20. The van der Waals surface area contributed by atoms with Crippen molar-refractivity contribution in [2.45, 2.75) is 26.7 Å². The lowest BCUT2D eigenvalue weighted by atomic mass is 9.83. The Bertz CT molecular complexity index is 505. The Hall–Kier alpha value is -1.73. The summed E-state index contributed by atoms with van der Waals surface area (Å²) in [6, 6.07) is 7.07. The molecule has 102 valence electrons. The first kappa shape index (κ1) is 15.3. The van der Waals surface area contributed by atoms with Gasteiger partial charge >= 0.3 is 0 Å². The van der Waals surface area contributed by atoms with E-state index in [1.807, 2.05) is 13.8 Å². The van der Waals surface area contributed by atoms with Crippen LogP contribution in [0, 0.1) is 16.7 Å². The molecule has 1 aromatic rings. The highest BCUT2D eigenvalue weighted by molar-refractivity contribution is 6.32. The normalized spacial score (nSPS) is 10.7. The second-order valence-electron chi connectivity index (χ2n) is 4.20. The van der Waals surface area contributed by atoms with Gasteiger partial charge in [-0.15, -0.1) is 0 Å². The fourth-order valence-corrected chi connectivity index (χ4v) is 2.03. The molecule has 4 nitrogen and oxygen atoms in total. The minimum Gasteiger partial charge on any atom is -0.495 e. The molecule has 0 heterocycles. The van der Waals surface area contributed by atoms with Crippen LogP contribution in [-0.4, -0.2) is 13.0 Å². The van der Waals surface area contributed by atoms with Gasteiger partial charge in [0.1, 0.15) is 11.2 Å². The van der Waals surface area contributed by atoms with Crippen molar-refractivity contribution in [1.82, 2.24) is 0 Å². The van der Waals surface area contributed by atoms with Gasteiger partial charge in [-0.2, -0.15) is 5.26 Å². The molecule has 0 radical (unpaired) electrons. The molecule has 0 aliphatic heterocycles. The molecule has 19 heavy (non-hydrogen) atoms. The summed E-state index contributed by atoms with van der Waals surface area (Å²) in [4.78, 5) is 12.2. The minimum absolute atomic E-state index is 0.304. The Labute approximate surface area is 118 Å². The zero-order valence-electron chi connectivity index (χ0n) is 11.3. The molecule has 1 aromatic carbocycles. The van der Waals surface area contributed by atoms with E-state index in [9.17, 15) is 10.1 Å². The second kappa shape index (κ2) is 6.44. The van der Waals surface area contributed by atoms with Crippen LogP contribution in [0.5, 0.6) is 5.75 Å². The first-order chi connectivity index (χ1) is 9.02. The SMILES string of the molecule is CCC(C#N)(CC)C(=O)Nc1ccc(OC)c(Cl)c1. The first-order valence-electron chi connectivity index (χ1n) is 6.09. The first-order valence-corrected chi connectivity index (χ1v) is 6.47. The van der Waals surface area contributed by atoms with Crippen LogP contribution < -0.4 is 10.1 Å². The van der Waals surface area contributed by atoms with Gasteiger partial charge in [0.2, 0.25) is 5.91 Å². The number of halogens is 1. The molecule has 0 unspecified atom stereocenters. The Morgan fingerprint density at radius 1 is 1.47 bits per heavy atom. The molecule has 0 saturated heterocycles. The standard InChI is InChI=1S/C14H17ClN2O2/c1-4-14(5-2,9-16)13(18)17-10-6-7-12(19-3)11(15)8-10/h6-8H,4-5H2,1-3H3,(H,17,18). The van der Waals surface area contributed by atoms with Crippen molar-refractivity contribution in [3.05, 3.63) is 23.2 Å². The molecule has 0 spiro atoms. The molecule has 0 fully saturated rings. The van der Waals surface area contributed by atoms with Gasteiger partial charge in [-0.05, 0) is 31.0 Å². The maximum absolute atomic E-state index is 12.2. The monoisotopic (exact) mass is 280 g/mol. The van der Waals surface area contributed by atoms with Gasteiger partial charge in [-0.3, -0.25) is 4.79 Å². The highest BCUT2D eigenvalue weighted by Crippen LogP contribution is 2.30. The molecular weight excluding hydrogens is 264 g/mol. The summed E-state index contributed by atoms with van der Waals surface area (Å²) in [6.07, 6.45) is 0.936. The Morgan fingerprint density at radius 2 is 2.11 bits per heavy atom. The minimum atomic E-state index is -0.994. The Morgan fingerprint density at radius 3 is 2.53 bits per heavy atom. The number of nitriles is 1. The van der Waals surface area contributed by atoms with Crippen molar-refractivity contribution in [2.24, 2.45) is 5.41 Å². The lowest BCUT2D eigenvalue weighted by molar-refractivity contribution is -0.123. The van der Waals surface area contributed by atoms with Gasteiger partial charge in [-0.25, -0.2) is 0 Å². The number of anilines is 1. The smallest absolute Gasteiger partial charge is 0.244 e. The maximum atomic E-state index is 12.2. The van der Waals surface area contributed by atoms with Gasteiger partial charge in [0, 0.05) is 5.69 Å². The van der Waals surface area contributed by atoms with E-state index in [2.05, 4.69) is 11.4 Å². The summed E-state index contributed by atoms with van der Waals surface area (Å²) >= 11 is 5.99. The lowest BCUT2D eigenvalue weighted by Gasteiger charge is -2.22. The molecule has 0 atom stereocenters. The third kappa shape index (κ3) is 3.18. The van der Waals surface area contributed by atoms with E-state index in [1.54, 1.807) is 18.2 Å². The van der Waals surface area contributed by atoms with Crippen molar-refractivity contribution in [3.8, 4) is 11.8 Å². The van der Waals surface area contributed by atoms with Crippen LogP contribution >= 0.6 is 11.6 Å². The number of methoxy groups -OCH3 is 1. The summed E-state index contributed by atoms with van der Waals surface area (Å²) in [7, 11) is 1.52. The van der Waals surface area contributed by atoms with E-state index in [4.69, 9.17) is 16.3 Å². The topological polar surface area (TPSA) is 62.1 Å². The quantitative estimate of drug-likeness (QED) is 0.896. The fraction of sp³-hybridized carbons (Fsp3) is 0.429. The summed E-state index contributed by atoms with van der Waals surface area (Å²) < 4.78 is 5.04. The average Bonchev–Trinajstić information content (AvgIpc) is 2.41. The van der Waals surface area contributed by atoms with Crippen molar-refractivity contribution in [3.63, 3.8) is 0 Å². The Balaban J connectivity index is 2.94. The fourth-order valence-electron chi connectivity index (χ4n) is 1.77. The van der Waals surface area contributed by atoms with Crippen molar-refractivity contribution >= 4 is 23.2 Å². The van der Waals surface area contributed by atoms with Crippen molar-refractivity contribution < 1.29 is 9.53 Å². The number of hydrogen-bond donors (Lipinski definition) is 1. The van der Waals surface area contributed by atoms with Crippen LogP contribution in [0.3, 0.4) is 0 Å². The van der Waals surface area contributed by atoms with Crippen molar-refractivity contribution in [1.29, 1.82) is 5.26 Å². The van der Waals surface area contributed by atoms with Crippen molar-refractivity contribution in [2.75, 3.05) is 12.4 Å². The summed E-state index contributed by atoms with van der Waals surface area (Å²) in [5, 5.41) is 12.3. The van der Waals surface area contributed by atoms with E-state index in [0.29, 0.717) is 29.3 Å². The van der Waals surface area contributed by atoms with Crippen LogP contribution in [0.25, 0.3) is 0 Å². The van der Waals surface area contributed by atoms with E-state index in [0.717, 1.165) is 0 Å². The molecule has 1 N–H and O–H groups in total. The van der Waals surface area contributed by atoms with E-state index in [1.165, 1.54) is 7.11 Å². The number of benzene rings is 1. The number of hydrogen-bond acceptors (Lipinski definition) is 3. The maximum Gasteiger partial charge on any atom is 0.244 e. The zero-order chi connectivity index (χ0) is 14.5. The molecule has 0 saturated carbocycles.